The van der Waals surface area contributed by atoms with Crippen LogP contribution >= 0.6 is 11.3 Å². The molecule has 0 saturated carbocycles. The van der Waals surface area contributed by atoms with Crippen molar-refractivity contribution in [2.24, 2.45) is 5.92 Å². The average molecular weight is 341 g/mol. The van der Waals surface area contributed by atoms with E-state index in [1.807, 2.05) is 14.1 Å². The summed E-state index contributed by atoms with van der Waals surface area (Å²) in [5, 5.41) is 7.71. The van der Waals surface area contributed by atoms with E-state index in [-0.39, 0.29) is 12.1 Å². The van der Waals surface area contributed by atoms with E-state index in [0.717, 1.165) is 40.6 Å². The molecule has 0 spiro atoms. The van der Waals surface area contributed by atoms with E-state index >= 15 is 0 Å². The monoisotopic (exact) mass is 341 g/mol. The number of carbonyl (C=O) groups excluding carboxylic acids is 1. The Labute approximate surface area is 146 Å². The molecule has 1 aliphatic carbocycles. The fourth-order valence-corrected chi connectivity index (χ4v) is 5.03. The van der Waals surface area contributed by atoms with Crippen molar-refractivity contribution in [3.8, 4) is 0 Å². The number of rotatable bonds is 2. The molecule has 4 rings (SSSR count). The predicted molar refractivity (Wildman–Crippen MR) is 100 cm³/mol. The molecular weight excluding hydrogens is 318 g/mol. The Morgan fingerprint density at radius 1 is 1.17 bits per heavy atom. The molecule has 2 heterocycles. The largest absolute Gasteiger partial charge is 0.378 e. The lowest BCUT2D eigenvalue weighted by molar-refractivity contribution is 0.0935. The molecule has 0 bridgehead atoms. The number of hydrogen-bond acceptors (Lipinski definition) is 4. The Kier molecular flexibility index (Phi) is 3.76. The molecule has 0 fully saturated rings. The molecule has 126 valence electrons. The number of nitrogens with one attached hydrogen (secondary N) is 2. The Morgan fingerprint density at radius 2 is 1.92 bits per heavy atom. The summed E-state index contributed by atoms with van der Waals surface area (Å²) >= 11 is 1.77. The van der Waals surface area contributed by atoms with E-state index in [4.69, 9.17) is 0 Å². The standard InChI is InChI=1S/C19H23N3OS/c1-11-4-9-14-15(10-11)24-19-16(14)18(23)20-17(21-19)12-5-7-13(8-6-12)22(2)3/h5-8,11,17,21H,4,9-10H2,1-3H3,(H,20,23)/t11-,17-/m0/s1. The highest BCUT2D eigenvalue weighted by Crippen LogP contribution is 2.42. The Hall–Kier alpha value is -2.01. The lowest BCUT2D eigenvalue weighted by Gasteiger charge is -2.27. The highest BCUT2D eigenvalue weighted by atomic mass is 32.1. The number of carbonyl (C=O) groups is 1. The number of thiophene rings is 1. The van der Waals surface area contributed by atoms with Crippen LogP contribution in [0.5, 0.6) is 0 Å². The molecule has 2 atom stereocenters. The van der Waals surface area contributed by atoms with Gasteiger partial charge in [-0.05, 0) is 48.4 Å². The first kappa shape index (κ1) is 15.5. The normalized spacial score (nSPS) is 22.2. The van der Waals surface area contributed by atoms with Crippen LogP contribution in [0.2, 0.25) is 0 Å². The molecule has 0 unspecified atom stereocenters. The minimum Gasteiger partial charge on any atom is -0.378 e. The summed E-state index contributed by atoms with van der Waals surface area (Å²) in [6.07, 6.45) is 3.15. The van der Waals surface area contributed by atoms with Crippen LogP contribution in [-0.2, 0) is 12.8 Å². The molecule has 2 N–H and O–H groups in total. The summed E-state index contributed by atoms with van der Waals surface area (Å²) in [6.45, 7) is 2.30. The highest BCUT2D eigenvalue weighted by Gasteiger charge is 2.32. The average Bonchev–Trinajstić information content (AvgIpc) is 2.92. The van der Waals surface area contributed by atoms with E-state index in [0.29, 0.717) is 0 Å². The van der Waals surface area contributed by atoms with Gasteiger partial charge in [0.05, 0.1) is 5.56 Å². The van der Waals surface area contributed by atoms with Crippen LogP contribution in [0, 0.1) is 5.92 Å². The second kappa shape index (κ2) is 5.81. The number of hydrogen-bond donors (Lipinski definition) is 2. The molecule has 0 saturated heterocycles. The number of amides is 1. The zero-order chi connectivity index (χ0) is 16.8. The fourth-order valence-electron chi connectivity index (χ4n) is 3.59. The van der Waals surface area contributed by atoms with Gasteiger partial charge >= 0.3 is 0 Å². The van der Waals surface area contributed by atoms with Crippen LogP contribution < -0.4 is 15.5 Å². The second-order valence-electron chi connectivity index (χ2n) is 7.09. The van der Waals surface area contributed by atoms with Crippen molar-refractivity contribution in [1.29, 1.82) is 0 Å². The molecule has 5 heteroatoms. The number of nitrogens with zero attached hydrogens (tertiary/aromatic N) is 1. The molecule has 1 aromatic heterocycles. The summed E-state index contributed by atoms with van der Waals surface area (Å²) in [7, 11) is 4.05. The van der Waals surface area contributed by atoms with Gasteiger partial charge in [0.25, 0.3) is 5.91 Å². The topological polar surface area (TPSA) is 44.4 Å². The van der Waals surface area contributed by atoms with E-state index in [1.165, 1.54) is 16.9 Å². The van der Waals surface area contributed by atoms with Crippen molar-refractivity contribution in [2.75, 3.05) is 24.3 Å². The SMILES string of the molecule is C[C@H]1CCc2c(sc3c2C(=O)N[C@H](c2ccc(N(C)C)cc2)N3)C1. The van der Waals surface area contributed by atoms with Crippen molar-refractivity contribution in [3.63, 3.8) is 0 Å². The predicted octanol–water partition coefficient (Wildman–Crippen LogP) is 3.79. The zero-order valence-corrected chi connectivity index (χ0v) is 15.2. The van der Waals surface area contributed by atoms with Gasteiger partial charge in [0, 0.05) is 24.7 Å². The Bertz CT molecular complexity index is 779. The van der Waals surface area contributed by atoms with Crippen LogP contribution in [0.15, 0.2) is 24.3 Å². The minimum absolute atomic E-state index is 0.0671. The third kappa shape index (κ3) is 2.57. The van der Waals surface area contributed by atoms with Gasteiger partial charge in [-0.1, -0.05) is 19.1 Å². The molecular formula is C19H23N3OS. The van der Waals surface area contributed by atoms with Gasteiger partial charge in [0.15, 0.2) is 0 Å². The lowest BCUT2D eigenvalue weighted by atomic mass is 9.88. The quantitative estimate of drug-likeness (QED) is 0.873. The summed E-state index contributed by atoms with van der Waals surface area (Å²) in [5.74, 6) is 0.785. The molecule has 2 aromatic rings. The van der Waals surface area contributed by atoms with Crippen molar-refractivity contribution >= 4 is 27.9 Å². The zero-order valence-electron chi connectivity index (χ0n) is 14.3. The molecule has 1 aliphatic heterocycles. The molecule has 2 aliphatic rings. The van der Waals surface area contributed by atoms with Crippen molar-refractivity contribution in [1.82, 2.24) is 5.32 Å². The first-order chi connectivity index (χ1) is 11.5. The molecule has 0 radical (unpaired) electrons. The van der Waals surface area contributed by atoms with E-state index in [9.17, 15) is 4.79 Å². The van der Waals surface area contributed by atoms with E-state index < -0.39 is 0 Å². The molecule has 1 aromatic carbocycles. The third-order valence-electron chi connectivity index (χ3n) is 5.03. The number of anilines is 2. The van der Waals surface area contributed by atoms with Gasteiger partial charge in [-0.2, -0.15) is 0 Å². The maximum atomic E-state index is 12.7. The first-order valence-corrected chi connectivity index (χ1v) is 9.34. The van der Waals surface area contributed by atoms with Crippen LogP contribution in [0.3, 0.4) is 0 Å². The number of fused-ring (bicyclic) bond motifs is 3. The van der Waals surface area contributed by atoms with Gasteiger partial charge in [-0.25, -0.2) is 0 Å². The van der Waals surface area contributed by atoms with Gasteiger partial charge in [-0.15, -0.1) is 11.3 Å². The summed E-state index contributed by atoms with van der Waals surface area (Å²) in [4.78, 5) is 16.2. The summed E-state index contributed by atoms with van der Waals surface area (Å²) in [5.41, 5.74) is 4.41. The third-order valence-corrected chi connectivity index (χ3v) is 6.22. The van der Waals surface area contributed by atoms with Gasteiger partial charge in [-0.3, -0.25) is 4.79 Å². The lowest BCUT2D eigenvalue weighted by Crippen LogP contribution is -2.38. The maximum absolute atomic E-state index is 12.7. The molecule has 1 amide bonds. The van der Waals surface area contributed by atoms with Crippen molar-refractivity contribution < 1.29 is 4.79 Å². The maximum Gasteiger partial charge on any atom is 0.256 e. The molecule has 4 nitrogen and oxygen atoms in total. The second-order valence-corrected chi connectivity index (χ2v) is 8.20. The number of benzene rings is 1. The first-order valence-electron chi connectivity index (χ1n) is 8.52. The Balaban J connectivity index is 1.63. The van der Waals surface area contributed by atoms with Crippen molar-refractivity contribution in [2.45, 2.75) is 32.4 Å². The molecule has 24 heavy (non-hydrogen) atoms. The fraction of sp³-hybridized carbons (Fsp3) is 0.421. The van der Waals surface area contributed by atoms with Crippen LogP contribution in [0.25, 0.3) is 0 Å². The van der Waals surface area contributed by atoms with E-state index in [2.05, 4.69) is 46.7 Å². The minimum atomic E-state index is -0.154. The smallest absolute Gasteiger partial charge is 0.256 e. The van der Waals surface area contributed by atoms with Gasteiger partial charge < -0.3 is 15.5 Å². The summed E-state index contributed by atoms with van der Waals surface area (Å²) in [6, 6.07) is 8.32. The van der Waals surface area contributed by atoms with Crippen LogP contribution in [0.1, 0.15) is 45.9 Å². The van der Waals surface area contributed by atoms with Gasteiger partial charge in [0.2, 0.25) is 0 Å². The van der Waals surface area contributed by atoms with E-state index in [1.54, 1.807) is 11.3 Å². The van der Waals surface area contributed by atoms with Gasteiger partial charge in [0.1, 0.15) is 11.2 Å². The van der Waals surface area contributed by atoms with Crippen LogP contribution in [-0.4, -0.2) is 20.0 Å². The van der Waals surface area contributed by atoms with Crippen LogP contribution in [0.4, 0.5) is 10.7 Å². The summed E-state index contributed by atoms with van der Waals surface area (Å²) < 4.78 is 0. The van der Waals surface area contributed by atoms with Crippen molar-refractivity contribution in [3.05, 3.63) is 45.8 Å². The Morgan fingerprint density at radius 3 is 2.62 bits per heavy atom. The highest BCUT2D eigenvalue weighted by molar-refractivity contribution is 7.16.